The number of hydrogen-bond acceptors (Lipinski definition) is 4. The van der Waals surface area contributed by atoms with E-state index in [2.05, 4.69) is 48.5 Å². The number of carbonyl (C=O) groups is 1. The third kappa shape index (κ3) is 5.57. The van der Waals surface area contributed by atoms with Crippen molar-refractivity contribution in [3.63, 3.8) is 0 Å². The Morgan fingerprint density at radius 3 is 2.21 bits per heavy atom. The molecule has 2 aromatic carbocycles. The molecule has 150 valence electrons. The molecule has 0 saturated heterocycles. The lowest BCUT2D eigenvalue weighted by molar-refractivity contribution is 0.0950. The quantitative estimate of drug-likeness (QED) is 0.618. The maximum atomic E-state index is 12.3. The van der Waals surface area contributed by atoms with E-state index in [9.17, 15) is 4.79 Å². The smallest absolute Gasteiger partial charge is 0.253 e. The van der Waals surface area contributed by atoms with Crippen molar-refractivity contribution < 1.29 is 9.53 Å². The molecule has 0 fully saturated rings. The molecule has 0 saturated carbocycles. The Labute approximate surface area is 172 Å². The highest BCUT2D eigenvalue weighted by atomic mass is 16.5. The zero-order valence-corrected chi connectivity index (χ0v) is 17.3. The second-order valence-corrected chi connectivity index (χ2v) is 7.92. The van der Waals surface area contributed by atoms with E-state index in [0.717, 1.165) is 17.0 Å². The molecule has 29 heavy (non-hydrogen) atoms. The van der Waals surface area contributed by atoms with Crippen LogP contribution in [0.1, 0.15) is 42.3 Å². The first kappa shape index (κ1) is 20.4. The van der Waals surface area contributed by atoms with E-state index in [1.165, 1.54) is 5.56 Å². The molecule has 1 aromatic heterocycles. The maximum Gasteiger partial charge on any atom is 0.253 e. The average Bonchev–Trinajstić information content (AvgIpc) is 2.72. The molecule has 0 bridgehead atoms. The van der Waals surface area contributed by atoms with Crippen molar-refractivity contribution in [1.82, 2.24) is 10.3 Å². The molecule has 0 unspecified atom stereocenters. The summed E-state index contributed by atoms with van der Waals surface area (Å²) in [6.07, 6.45) is 1.58. The summed E-state index contributed by atoms with van der Waals surface area (Å²) >= 11 is 0. The van der Waals surface area contributed by atoms with Gasteiger partial charge in [0.05, 0.1) is 12.7 Å². The van der Waals surface area contributed by atoms with Crippen LogP contribution in [0.25, 0.3) is 0 Å². The van der Waals surface area contributed by atoms with E-state index >= 15 is 0 Å². The molecule has 5 nitrogen and oxygen atoms in total. The van der Waals surface area contributed by atoms with Crippen LogP contribution in [0.2, 0.25) is 0 Å². The van der Waals surface area contributed by atoms with Crippen LogP contribution in [-0.4, -0.2) is 18.0 Å². The van der Waals surface area contributed by atoms with Gasteiger partial charge < -0.3 is 15.4 Å². The molecule has 2 N–H and O–H groups in total. The SMILES string of the molecule is COc1ccc(CNC(=O)c2ccc(Nc3ccc(C(C)(C)C)cc3)nc2)cc1. The van der Waals surface area contributed by atoms with Crippen molar-refractivity contribution in [3.05, 3.63) is 83.6 Å². The molecule has 0 aliphatic rings. The van der Waals surface area contributed by atoms with Crippen molar-refractivity contribution in [1.29, 1.82) is 0 Å². The van der Waals surface area contributed by atoms with Gasteiger partial charge in [-0.3, -0.25) is 4.79 Å². The highest BCUT2D eigenvalue weighted by Crippen LogP contribution is 2.24. The summed E-state index contributed by atoms with van der Waals surface area (Å²) in [7, 11) is 1.63. The molecule has 1 amide bonds. The van der Waals surface area contributed by atoms with Gasteiger partial charge in [-0.05, 0) is 52.9 Å². The average molecular weight is 389 g/mol. The van der Waals surface area contributed by atoms with Gasteiger partial charge in [-0.2, -0.15) is 0 Å². The van der Waals surface area contributed by atoms with Crippen LogP contribution >= 0.6 is 0 Å². The Bertz CT molecular complexity index is 941. The van der Waals surface area contributed by atoms with Gasteiger partial charge in [0.25, 0.3) is 5.91 Å². The lowest BCUT2D eigenvalue weighted by Gasteiger charge is -2.19. The maximum absolute atomic E-state index is 12.3. The van der Waals surface area contributed by atoms with Crippen molar-refractivity contribution in [2.24, 2.45) is 0 Å². The van der Waals surface area contributed by atoms with Crippen molar-refractivity contribution >= 4 is 17.4 Å². The predicted molar refractivity (Wildman–Crippen MR) is 117 cm³/mol. The molecule has 1 heterocycles. The highest BCUT2D eigenvalue weighted by molar-refractivity contribution is 5.94. The Morgan fingerprint density at radius 1 is 0.966 bits per heavy atom. The van der Waals surface area contributed by atoms with E-state index < -0.39 is 0 Å². The van der Waals surface area contributed by atoms with Crippen LogP contribution in [0.3, 0.4) is 0 Å². The van der Waals surface area contributed by atoms with Crippen LogP contribution in [0.5, 0.6) is 5.75 Å². The summed E-state index contributed by atoms with van der Waals surface area (Å²) in [6, 6.07) is 19.5. The lowest BCUT2D eigenvalue weighted by atomic mass is 9.87. The van der Waals surface area contributed by atoms with Gasteiger partial charge >= 0.3 is 0 Å². The predicted octanol–water partition coefficient (Wildman–Crippen LogP) is 5.06. The summed E-state index contributed by atoms with van der Waals surface area (Å²) in [5, 5.41) is 6.16. The number of anilines is 2. The third-order valence-corrected chi connectivity index (χ3v) is 4.66. The molecule has 0 aliphatic heterocycles. The van der Waals surface area contributed by atoms with Crippen molar-refractivity contribution in [2.45, 2.75) is 32.7 Å². The van der Waals surface area contributed by atoms with Gasteiger partial charge in [0.15, 0.2) is 0 Å². The molecule has 3 aromatic rings. The fourth-order valence-electron chi connectivity index (χ4n) is 2.83. The second kappa shape index (κ2) is 8.78. The number of nitrogens with zero attached hydrogens (tertiary/aromatic N) is 1. The molecule has 3 rings (SSSR count). The topological polar surface area (TPSA) is 63.2 Å². The van der Waals surface area contributed by atoms with Crippen LogP contribution in [0.15, 0.2) is 66.9 Å². The molecule has 0 aliphatic carbocycles. The molecular weight excluding hydrogens is 362 g/mol. The van der Waals surface area contributed by atoms with Crippen molar-refractivity contribution in [2.75, 3.05) is 12.4 Å². The van der Waals surface area contributed by atoms with Gasteiger partial charge in [-0.25, -0.2) is 4.98 Å². The number of pyridine rings is 1. The summed E-state index contributed by atoms with van der Waals surface area (Å²) in [5.41, 5.74) is 3.88. The van der Waals surface area contributed by atoms with E-state index in [4.69, 9.17) is 4.74 Å². The van der Waals surface area contributed by atoms with Crippen LogP contribution in [-0.2, 0) is 12.0 Å². The monoisotopic (exact) mass is 389 g/mol. The van der Waals surface area contributed by atoms with Gasteiger partial charge in [-0.1, -0.05) is 45.0 Å². The Morgan fingerprint density at radius 2 is 1.66 bits per heavy atom. The van der Waals surface area contributed by atoms with Gasteiger partial charge in [0, 0.05) is 18.4 Å². The van der Waals surface area contributed by atoms with Crippen LogP contribution in [0, 0.1) is 0 Å². The number of rotatable bonds is 6. The Balaban J connectivity index is 1.56. The highest BCUT2D eigenvalue weighted by Gasteiger charge is 2.13. The van der Waals surface area contributed by atoms with Gasteiger partial charge in [-0.15, -0.1) is 0 Å². The van der Waals surface area contributed by atoms with Gasteiger partial charge in [0.1, 0.15) is 11.6 Å². The van der Waals surface area contributed by atoms with Crippen LogP contribution in [0.4, 0.5) is 11.5 Å². The number of aromatic nitrogens is 1. The zero-order chi connectivity index (χ0) is 20.9. The number of carbonyl (C=O) groups excluding carboxylic acids is 1. The molecular formula is C24H27N3O2. The first-order chi connectivity index (χ1) is 13.8. The van der Waals surface area contributed by atoms with E-state index in [-0.39, 0.29) is 11.3 Å². The summed E-state index contributed by atoms with van der Waals surface area (Å²) in [4.78, 5) is 16.7. The first-order valence-electron chi connectivity index (χ1n) is 9.60. The molecule has 5 heteroatoms. The van der Waals surface area contributed by atoms with Crippen LogP contribution < -0.4 is 15.4 Å². The third-order valence-electron chi connectivity index (χ3n) is 4.66. The first-order valence-corrected chi connectivity index (χ1v) is 9.60. The summed E-state index contributed by atoms with van der Waals surface area (Å²) in [5.74, 6) is 1.33. The standard InChI is InChI=1S/C24H27N3O2/c1-24(2,3)19-8-10-20(11-9-19)27-22-14-7-18(16-25-22)23(28)26-15-17-5-12-21(29-4)13-6-17/h5-14,16H,15H2,1-4H3,(H,25,27)(H,26,28). The van der Waals surface area contributed by atoms with E-state index in [0.29, 0.717) is 17.9 Å². The lowest BCUT2D eigenvalue weighted by Crippen LogP contribution is -2.22. The summed E-state index contributed by atoms with van der Waals surface area (Å²) < 4.78 is 5.14. The minimum absolute atomic E-state index is 0.123. The largest absolute Gasteiger partial charge is 0.497 e. The zero-order valence-electron chi connectivity index (χ0n) is 17.3. The number of ether oxygens (including phenoxy) is 1. The number of methoxy groups -OCH3 is 1. The second-order valence-electron chi connectivity index (χ2n) is 7.92. The number of benzene rings is 2. The molecule has 0 spiro atoms. The van der Waals surface area contributed by atoms with E-state index in [1.54, 1.807) is 25.4 Å². The fourth-order valence-corrected chi connectivity index (χ4v) is 2.83. The number of hydrogen-bond donors (Lipinski definition) is 2. The normalized spacial score (nSPS) is 11.0. The minimum Gasteiger partial charge on any atom is -0.497 e. The van der Waals surface area contributed by atoms with Crippen molar-refractivity contribution in [3.8, 4) is 5.75 Å². The Hall–Kier alpha value is -3.34. The fraction of sp³-hybridized carbons (Fsp3) is 0.250. The van der Waals surface area contributed by atoms with E-state index in [1.807, 2.05) is 36.4 Å². The Kier molecular flexibility index (Phi) is 6.17. The number of nitrogens with one attached hydrogen (secondary N) is 2. The number of amides is 1. The van der Waals surface area contributed by atoms with Gasteiger partial charge in [0.2, 0.25) is 0 Å². The molecule has 0 atom stereocenters. The molecule has 0 radical (unpaired) electrons. The summed E-state index contributed by atoms with van der Waals surface area (Å²) in [6.45, 7) is 7.02. The minimum atomic E-state index is -0.158.